The van der Waals surface area contributed by atoms with Gasteiger partial charge in [0.1, 0.15) is 0 Å². The first kappa shape index (κ1) is 21.8. The lowest BCUT2D eigenvalue weighted by atomic mass is 10.2. The molecule has 0 bridgehead atoms. The van der Waals surface area contributed by atoms with Crippen LogP contribution in [0, 0.1) is 0 Å². The van der Waals surface area contributed by atoms with Crippen LogP contribution in [0.3, 0.4) is 0 Å². The fourth-order valence-electron chi connectivity index (χ4n) is 3.18. The van der Waals surface area contributed by atoms with Gasteiger partial charge in [0.25, 0.3) is 5.91 Å². The highest BCUT2D eigenvalue weighted by Gasteiger charge is 2.23. The number of thiophene rings is 1. The lowest BCUT2D eigenvalue weighted by Crippen LogP contribution is -2.50. The van der Waals surface area contributed by atoms with Gasteiger partial charge >= 0.3 is 0 Å². The van der Waals surface area contributed by atoms with Crippen LogP contribution in [-0.4, -0.2) is 64.5 Å². The summed E-state index contributed by atoms with van der Waals surface area (Å²) in [4.78, 5) is 34.0. The van der Waals surface area contributed by atoms with Gasteiger partial charge in [-0.25, -0.2) is 0 Å². The Labute approximate surface area is 192 Å². The number of benzene rings is 1. The Kier molecular flexibility index (Phi) is 6.86. The summed E-state index contributed by atoms with van der Waals surface area (Å²) in [7, 11) is 0. The van der Waals surface area contributed by atoms with E-state index in [1.54, 1.807) is 28.4 Å². The molecule has 4 rings (SSSR count). The molecule has 1 saturated heterocycles. The highest BCUT2D eigenvalue weighted by atomic mass is 35.5. The molecule has 0 atom stereocenters. The van der Waals surface area contributed by atoms with Crippen molar-refractivity contribution in [3.8, 4) is 10.7 Å². The quantitative estimate of drug-likeness (QED) is 0.583. The molecule has 1 N–H and O–H groups in total. The second-order valence-corrected chi connectivity index (χ2v) is 8.72. The Morgan fingerprint density at radius 2 is 1.94 bits per heavy atom. The number of hydrogen-bond donors (Lipinski definition) is 1. The number of carbonyl (C=O) groups excluding carboxylic acids is 2. The standard InChI is InChI=1S/C20H19Cl2N5O3S/c21-14-4-3-13(10-15(14)22)20(29)23-11-18(28)27-7-5-26(6-8-27)12-17-24-19(25-30-17)16-2-1-9-31-16/h1-4,9-10H,5-8,11-12H2,(H,23,29). The first-order valence-electron chi connectivity index (χ1n) is 9.59. The van der Waals surface area contributed by atoms with Crippen molar-refractivity contribution in [2.75, 3.05) is 32.7 Å². The number of nitrogens with one attached hydrogen (secondary N) is 1. The van der Waals surface area contributed by atoms with Crippen molar-refractivity contribution in [3.63, 3.8) is 0 Å². The molecule has 162 valence electrons. The molecule has 0 spiro atoms. The first-order valence-corrected chi connectivity index (χ1v) is 11.2. The van der Waals surface area contributed by atoms with E-state index in [1.807, 2.05) is 17.5 Å². The zero-order valence-electron chi connectivity index (χ0n) is 16.4. The third-order valence-electron chi connectivity index (χ3n) is 4.88. The summed E-state index contributed by atoms with van der Waals surface area (Å²) in [6, 6.07) is 8.48. The average molecular weight is 480 g/mol. The smallest absolute Gasteiger partial charge is 0.251 e. The summed E-state index contributed by atoms with van der Waals surface area (Å²) in [5.41, 5.74) is 0.355. The number of amides is 2. The summed E-state index contributed by atoms with van der Waals surface area (Å²) in [6.45, 7) is 2.95. The van der Waals surface area contributed by atoms with Gasteiger partial charge in [-0.2, -0.15) is 4.98 Å². The van der Waals surface area contributed by atoms with Crippen LogP contribution in [0.5, 0.6) is 0 Å². The van der Waals surface area contributed by atoms with E-state index in [2.05, 4.69) is 20.4 Å². The molecule has 0 aliphatic carbocycles. The summed E-state index contributed by atoms with van der Waals surface area (Å²) in [5, 5.41) is 9.28. The minimum absolute atomic E-state index is 0.0765. The monoisotopic (exact) mass is 479 g/mol. The second kappa shape index (κ2) is 9.78. The van der Waals surface area contributed by atoms with Gasteiger partial charge in [-0.1, -0.05) is 34.4 Å². The number of piperazine rings is 1. The highest BCUT2D eigenvalue weighted by Crippen LogP contribution is 2.23. The predicted octanol–water partition coefficient (Wildman–Crippen LogP) is 3.18. The number of rotatable bonds is 6. The molecule has 1 aliphatic rings. The summed E-state index contributed by atoms with van der Waals surface area (Å²) < 4.78 is 5.35. The van der Waals surface area contributed by atoms with E-state index in [4.69, 9.17) is 27.7 Å². The van der Waals surface area contributed by atoms with E-state index in [-0.39, 0.29) is 18.4 Å². The van der Waals surface area contributed by atoms with Crippen molar-refractivity contribution >= 4 is 46.4 Å². The SMILES string of the molecule is O=C(NCC(=O)N1CCN(Cc2nc(-c3cccs3)no2)CC1)c1ccc(Cl)c(Cl)c1. The Balaban J connectivity index is 1.22. The molecule has 3 heterocycles. The fraction of sp³-hybridized carbons (Fsp3) is 0.300. The number of aromatic nitrogens is 2. The molecule has 0 radical (unpaired) electrons. The van der Waals surface area contributed by atoms with Crippen molar-refractivity contribution in [3.05, 3.63) is 57.2 Å². The summed E-state index contributed by atoms with van der Waals surface area (Å²) in [6.07, 6.45) is 0. The molecule has 1 aliphatic heterocycles. The average Bonchev–Trinajstić information content (AvgIpc) is 3.46. The zero-order valence-corrected chi connectivity index (χ0v) is 18.7. The largest absolute Gasteiger partial charge is 0.343 e. The summed E-state index contributed by atoms with van der Waals surface area (Å²) >= 11 is 13.4. The predicted molar refractivity (Wildman–Crippen MR) is 118 cm³/mol. The lowest BCUT2D eigenvalue weighted by Gasteiger charge is -2.34. The van der Waals surface area contributed by atoms with E-state index in [9.17, 15) is 9.59 Å². The Morgan fingerprint density at radius 1 is 1.13 bits per heavy atom. The van der Waals surface area contributed by atoms with Crippen molar-refractivity contribution in [2.24, 2.45) is 0 Å². The van der Waals surface area contributed by atoms with Gasteiger partial charge in [-0.15, -0.1) is 11.3 Å². The number of hydrogen-bond acceptors (Lipinski definition) is 7. The van der Waals surface area contributed by atoms with Crippen LogP contribution in [0.1, 0.15) is 16.2 Å². The molecule has 31 heavy (non-hydrogen) atoms. The van der Waals surface area contributed by atoms with Crippen LogP contribution >= 0.6 is 34.5 Å². The molecule has 1 fully saturated rings. The zero-order chi connectivity index (χ0) is 21.8. The van der Waals surface area contributed by atoms with Crippen LogP contribution in [0.4, 0.5) is 0 Å². The molecule has 1 aromatic carbocycles. The van der Waals surface area contributed by atoms with Crippen molar-refractivity contribution in [2.45, 2.75) is 6.54 Å². The highest BCUT2D eigenvalue weighted by molar-refractivity contribution is 7.13. The molecule has 3 aromatic rings. The Bertz CT molecular complexity index is 1060. The van der Waals surface area contributed by atoms with Gasteiger partial charge in [0.05, 0.1) is 28.0 Å². The van der Waals surface area contributed by atoms with Crippen molar-refractivity contribution < 1.29 is 14.1 Å². The second-order valence-electron chi connectivity index (χ2n) is 6.96. The molecular weight excluding hydrogens is 461 g/mol. The van der Waals surface area contributed by atoms with Gasteiger partial charge < -0.3 is 14.7 Å². The van der Waals surface area contributed by atoms with Crippen molar-refractivity contribution in [1.29, 1.82) is 0 Å². The maximum absolute atomic E-state index is 12.5. The van der Waals surface area contributed by atoms with E-state index in [0.717, 1.165) is 4.88 Å². The summed E-state index contributed by atoms with van der Waals surface area (Å²) in [5.74, 6) is 0.642. The van der Waals surface area contributed by atoms with Crippen LogP contribution in [-0.2, 0) is 11.3 Å². The van der Waals surface area contributed by atoms with E-state index in [0.29, 0.717) is 60.0 Å². The topological polar surface area (TPSA) is 91.6 Å². The van der Waals surface area contributed by atoms with Gasteiger partial charge in [0, 0.05) is 31.7 Å². The molecule has 0 unspecified atom stereocenters. The fourth-order valence-corrected chi connectivity index (χ4v) is 4.13. The minimum atomic E-state index is -0.372. The van der Waals surface area contributed by atoms with E-state index < -0.39 is 0 Å². The molecule has 2 aromatic heterocycles. The number of nitrogens with zero attached hydrogens (tertiary/aromatic N) is 4. The van der Waals surface area contributed by atoms with Gasteiger partial charge in [0.2, 0.25) is 17.6 Å². The number of halogens is 2. The van der Waals surface area contributed by atoms with Gasteiger partial charge in [0.15, 0.2) is 0 Å². The Hall–Kier alpha value is -2.46. The van der Waals surface area contributed by atoms with Gasteiger partial charge in [-0.05, 0) is 29.6 Å². The van der Waals surface area contributed by atoms with Crippen LogP contribution in [0.15, 0.2) is 40.2 Å². The third kappa shape index (κ3) is 5.43. The van der Waals surface area contributed by atoms with Crippen LogP contribution in [0.25, 0.3) is 10.7 Å². The molecular formula is C20H19Cl2N5O3S. The number of carbonyl (C=O) groups is 2. The van der Waals surface area contributed by atoms with Crippen LogP contribution < -0.4 is 5.32 Å². The molecule has 11 heteroatoms. The maximum atomic E-state index is 12.5. The molecule has 2 amide bonds. The van der Waals surface area contributed by atoms with E-state index in [1.165, 1.54) is 6.07 Å². The lowest BCUT2D eigenvalue weighted by molar-refractivity contribution is -0.131. The molecule has 0 saturated carbocycles. The van der Waals surface area contributed by atoms with Gasteiger partial charge in [-0.3, -0.25) is 14.5 Å². The van der Waals surface area contributed by atoms with Crippen molar-refractivity contribution in [1.82, 2.24) is 25.3 Å². The normalized spacial score (nSPS) is 14.6. The first-order chi connectivity index (χ1) is 15.0. The van der Waals surface area contributed by atoms with Crippen LogP contribution in [0.2, 0.25) is 10.0 Å². The van der Waals surface area contributed by atoms with E-state index >= 15 is 0 Å². The third-order valence-corrected chi connectivity index (χ3v) is 6.48. The Morgan fingerprint density at radius 3 is 2.65 bits per heavy atom. The maximum Gasteiger partial charge on any atom is 0.251 e. The molecule has 8 nitrogen and oxygen atoms in total. The minimum Gasteiger partial charge on any atom is -0.343 e.